The van der Waals surface area contributed by atoms with Gasteiger partial charge in [-0.05, 0) is 111 Å². The Kier molecular flexibility index (Phi) is 10.7. The summed E-state index contributed by atoms with van der Waals surface area (Å²) in [7, 11) is -3.86. The molecule has 4 rings (SSSR count). The smallest absolute Gasteiger partial charge is 0.306 e. The molecule has 0 amide bonds. The number of rotatable bonds is 11. The van der Waals surface area contributed by atoms with Crippen LogP contribution >= 0.6 is 0 Å². The van der Waals surface area contributed by atoms with E-state index in [1.807, 2.05) is 6.92 Å². The maximum atomic E-state index is 13.2. The Morgan fingerprint density at radius 1 is 0.907 bits per heavy atom. The van der Waals surface area contributed by atoms with Gasteiger partial charge < -0.3 is 18.7 Å². The number of carbonyl (C=O) groups is 1. The van der Waals surface area contributed by atoms with Gasteiger partial charge in [0.2, 0.25) is 0 Å². The fraction of sp³-hybridized carbons (Fsp3) is 0.917. The lowest BCUT2D eigenvalue weighted by Crippen LogP contribution is -2.50. The largest absolute Gasteiger partial charge is 0.462 e. The van der Waals surface area contributed by atoms with Crippen LogP contribution in [0.25, 0.3) is 0 Å². The number of esters is 1. The molecule has 1 saturated heterocycles. The minimum absolute atomic E-state index is 0.0210. The van der Waals surface area contributed by atoms with Crippen LogP contribution in [0.2, 0.25) is 36.3 Å². The second-order valence-electron chi connectivity index (χ2n) is 17.9. The van der Waals surface area contributed by atoms with Gasteiger partial charge in [0.25, 0.3) is 0 Å². The second kappa shape index (κ2) is 13.0. The standard InChI is InChI=1S/C36H66O5Si2/c1-13-25(37)15-14-16-32(41-43(11,12)36(6,7)8)23(2)34-31-21-29-27(30(31)22-33(38)39-34)18-17-24-19-26(20-28(24)29)40-42(9,10)35(3,4)5/h17-18,23-32,34,37H,13-16,19-22H2,1-12H3/t23-,24-,25+,26-,27-,28-,29-,30+,31-,32+,34+/m1/s1. The van der Waals surface area contributed by atoms with Gasteiger partial charge in [0.15, 0.2) is 16.6 Å². The highest BCUT2D eigenvalue weighted by Gasteiger charge is 2.57. The van der Waals surface area contributed by atoms with E-state index in [0.717, 1.165) is 44.9 Å². The first kappa shape index (κ1) is 35.4. The molecule has 43 heavy (non-hydrogen) atoms. The summed E-state index contributed by atoms with van der Waals surface area (Å²) in [4.78, 5) is 13.2. The summed E-state index contributed by atoms with van der Waals surface area (Å²) in [6, 6.07) is 0. The molecule has 7 heteroatoms. The van der Waals surface area contributed by atoms with Crippen LogP contribution in [0.5, 0.6) is 0 Å². The molecule has 3 aliphatic carbocycles. The van der Waals surface area contributed by atoms with Gasteiger partial charge in [0.1, 0.15) is 6.10 Å². The lowest BCUT2D eigenvalue weighted by molar-refractivity contribution is -0.170. The molecule has 0 aromatic carbocycles. The van der Waals surface area contributed by atoms with Gasteiger partial charge in [-0.15, -0.1) is 0 Å². The van der Waals surface area contributed by atoms with Crippen molar-refractivity contribution in [3.8, 4) is 0 Å². The summed E-state index contributed by atoms with van der Waals surface area (Å²) in [5, 5.41) is 10.6. The van der Waals surface area contributed by atoms with Gasteiger partial charge in [0, 0.05) is 24.4 Å². The van der Waals surface area contributed by atoms with Crippen molar-refractivity contribution in [2.75, 3.05) is 0 Å². The normalized spacial score (nSPS) is 35.1. The average Bonchev–Trinajstić information content (AvgIpc) is 3.46. The fourth-order valence-electron chi connectivity index (χ4n) is 8.32. The van der Waals surface area contributed by atoms with Gasteiger partial charge in [0.05, 0.1) is 12.2 Å². The zero-order valence-electron chi connectivity index (χ0n) is 29.7. The summed E-state index contributed by atoms with van der Waals surface area (Å²) in [6.45, 7) is 27.7. The number of allylic oxidation sites excluding steroid dienone is 2. The van der Waals surface area contributed by atoms with Crippen LogP contribution in [0.3, 0.4) is 0 Å². The molecule has 1 heterocycles. The Labute approximate surface area is 266 Å². The topological polar surface area (TPSA) is 65.0 Å². The van der Waals surface area contributed by atoms with E-state index in [-0.39, 0.29) is 40.3 Å². The lowest BCUT2D eigenvalue weighted by atomic mass is 9.71. The lowest BCUT2D eigenvalue weighted by Gasteiger charge is -2.45. The Morgan fingerprint density at radius 3 is 2.16 bits per heavy atom. The van der Waals surface area contributed by atoms with E-state index in [2.05, 4.69) is 86.8 Å². The Hall–Kier alpha value is -0.476. The van der Waals surface area contributed by atoms with Gasteiger partial charge in [-0.3, -0.25) is 4.79 Å². The van der Waals surface area contributed by atoms with Crippen LogP contribution in [0.15, 0.2) is 12.2 Å². The van der Waals surface area contributed by atoms with Crippen molar-refractivity contribution in [3.05, 3.63) is 12.2 Å². The third-order valence-electron chi connectivity index (χ3n) is 13.0. The Balaban J connectivity index is 1.52. The summed E-state index contributed by atoms with van der Waals surface area (Å²) in [5.74, 6) is 3.20. The molecule has 11 atom stereocenters. The maximum absolute atomic E-state index is 13.2. The highest BCUT2D eigenvalue weighted by Crippen LogP contribution is 2.59. The first-order valence-electron chi connectivity index (χ1n) is 17.7. The van der Waals surface area contributed by atoms with Crippen molar-refractivity contribution in [1.82, 2.24) is 0 Å². The summed E-state index contributed by atoms with van der Waals surface area (Å²) in [5.41, 5.74) is 0. The third kappa shape index (κ3) is 7.58. The van der Waals surface area contributed by atoms with E-state index in [9.17, 15) is 9.90 Å². The van der Waals surface area contributed by atoms with E-state index in [0.29, 0.717) is 48.0 Å². The predicted molar refractivity (Wildman–Crippen MR) is 182 cm³/mol. The highest BCUT2D eigenvalue weighted by atomic mass is 28.4. The van der Waals surface area contributed by atoms with Crippen molar-refractivity contribution < 1.29 is 23.5 Å². The van der Waals surface area contributed by atoms with Crippen LogP contribution in [0.4, 0.5) is 0 Å². The predicted octanol–water partition coefficient (Wildman–Crippen LogP) is 9.12. The van der Waals surface area contributed by atoms with Crippen LogP contribution in [-0.4, -0.2) is 52.1 Å². The summed E-state index contributed by atoms with van der Waals surface area (Å²) < 4.78 is 20.4. The Morgan fingerprint density at radius 2 is 1.56 bits per heavy atom. The minimum atomic E-state index is -2.04. The first-order valence-corrected chi connectivity index (χ1v) is 23.5. The highest BCUT2D eigenvalue weighted by molar-refractivity contribution is 6.74. The van der Waals surface area contributed by atoms with Crippen molar-refractivity contribution in [2.24, 2.45) is 41.4 Å². The van der Waals surface area contributed by atoms with Crippen molar-refractivity contribution >= 4 is 22.6 Å². The maximum Gasteiger partial charge on any atom is 0.306 e. The zero-order chi connectivity index (χ0) is 32.1. The minimum Gasteiger partial charge on any atom is -0.462 e. The second-order valence-corrected chi connectivity index (χ2v) is 27.4. The SMILES string of the molecule is CC[C@H](O)CCC[C@H](O[Si](C)(C)C(C)(C)C)[C@@H](C)[C@@H]1OC(=O)C[C@H]2[C@@H]3C=C[C@@H]4C[C@@H](O[Si](C)(C)C(C)(C)C)C[C@H]4[C@@H]3C[C@H]21. The van der Waals surface area contributed by atoms with E-state index in [4.69, 9.17) is 13.6 Å². The number of ether oxygens (including phenoxy) is 1. The van der Waals surface area contributed by atoms with Crippen LogP contribution in [0, 0.1) is 41.4 Å². The van der Waals surface area contributed by atoms with E-state index < -0.39 is 16.6 Å². The molecule has 0 spiro atoms. The number of hydrogen-bond donors (Lipinski definition) is 1. The van der Waals surface area contributed by atoms with Crippen LogP contribution < -0.4 is 0 Å². The van der Waals surface area contributed by atoms with Crippen LogP contribution in [-0.2, 0) is 18.4 Å². The molecule has 0 unspecified atom stereocenters. The number of aliphatic hydroxyl groups excluding tert-OH is 1. The molecular formula is C36H66O5Si2. The van der Waals surface area contributed by atoms with Gasteiger partial charge in [-0.2, -0.15) is 0 Å². The molecule has 2 saturated carbocycles. The molecule has 1 N–H and O–H groups in total. The molecule has 0 radical (unpaired) electrons. The van der Waals surface area contributed by atoms with Crippen LogP contribution in [0.1, 0.15) is 107 Å². The molecule has 3 fully saturated rings. The van der Waals surface area contributed by atoms with E-state index >= 15 is 0 Å². The van der Waals surface area contributed by atoms with Gasteiger partial charge >= 0.3 is 5.97 Å². The van der Waals surface area contributed by atoms with Crippen molar-refractivity contribution in [3.63, 3.8) is 0 Å². The Bertz CT molecular complexity index is 995. The van der Waals surface area contributed by atoms with Gasteiger partial charge in [-0.1, -0.05) is 67.5 Å². The first-order chi connectivity index (χ1) is 19.8. The number of carbonyl (C=O) groups excluding carboxylic acids is 1. The molecule has 0 aromatic heterocycles. The summed E-state index contributed by atoms with van der Waals surface area (Å²) in [6.07, 6.45) is 12.5. The molecular weight excluding hydrogens is 569 g/mol. The quantitative estimate of drug-likeness (QED) is 0.140. The van der Waals surface area contributed by atoms with E-state index in [1.54, 1.807) is 0 Å². The molecule has 4 aliphatic rings. The number of fused-ring (bicyclic) bond motifs is 5. The summed E-state index contributed by atoms with van der Waals surface area (Å²) >= 11 is 0. The number of hydrogen-bond acceptors (Lipinski definition) is 5. The zero-order valence-corrected chi connectivity index (χ0v) is 31.7. The average molecular weight is 635 g/mol. The molecule has 0 bridgehead atoms. The van der Waals surface area contributed by atoms with Crippen molar-refractivity contribution in [2.45, 2.75) is 167 Å². The van der Waals surface area contributed by atoms with Crippen molar-refractivity contribution in [1.29, 1.82) is 0 Å². The molecule has 0 aromatic rings. The number of aliphatic hydroxyl groups is 1. The fourth-order valence-corrected chi connectivity index (χ4v) is 11.1. The number of cyclic esters (lactones) is 1. The molecule has 1 aliphatic heterocycles. The third-order valence-corrected chi connectivity index (χ3v) is 22.1. The van der Waals surface area contributed by atoms with E-state index in [1.165, 1.54) is 0 Å². The monoisotopic (exact) mass is 634 g/mol. The van der Waals surface area contributed by atoms with Gasteiger partial charge in [-0.25, -0.2) is 0 Å². The molecule has 248 valence electrons. The molecule has 5 nitrogen and oxygen atoms in total.